The highest BCUT2D eigenvalue weighted by Crippen LogP contribution is 2.35. The van der Waals surface area contributed by atoms with Crippen molar-refractivity contribution in [3.8, 4) is 17.3 Å². The molecule has 1 fully saturated rings. The molecule has 31 heavy (non-hydrogen) atoms. The van der Waals surface area contributed by atoms with E-state index in [-0.39, 0.29) is 17.2 Å². The van der Waals surface area contributed by atoms with Crippen LogP contribution in [0.1, 0.15) is 79.3 Å². The fraction of sp³-hybridized carbons (Fsp3) is 0.346. The molecule has 1 aromatic heterocycles. The molecular weight excluding hydrogens is 388 g/mol. The van der Waals surface area contributed by atoms with Gasteiger partial charge in [0.2, 0.25) is 5.88 Å². The number of rotatable bonds is 5. The molecule has 1 saturated carbocycles. The van der Waals surface area contributed by atoms with Gasteiger partial charge in [-0.05, 0) is 60.1 Å². The summed E-state index contributed by atoms with van der Waals surface area (Å²) in [5, 5.41) is 23.9. The van der Waals surface area contributed by atoms with Crippen LogP contribution in [-0.2, 0) is 0 Å². The Morgan fingerprint density at radius 3 is 2.42 bits per heavy atom. The van der Waals surface area contributed by atoms with E-state index in [2.05, 4.69) is 31.3 Å². The van der Waals surface area contributed by atoms with E-state index in [1.165, 1.54) is 48.4 Å². The number of carbonyl (C=O) groups is 1. The zero-order valence-electron chi connectivity index (χ0n) is 18.1. The molecule has 0 spiro atoms. The minimum atomic E-state index is -0.542. The first-order chi connectivity index (χ1) is 14.9. The summed E-state index contributed by atoms with van der Waals surface area (Å²) in [5.74, 6) is -0.162. The highest BCUT2D eigenvalue weighted by molar-refractivity contribution is 6.08. The van der Waals surface area contributed by atoms with Crippen LogP contribution in [-0.4, -0.2) is 20.7 Å². The van der Waals surface area contributed by atoms with Gasteiger partial charge in [0.25, 0.3) is 5.91 Å². The van der Waals surface area contributed by atoms with Gasteiger partial charge in [0.05, 0.1) is 6.20 Å². The van der Waals surface area contributed by atoms with Crippen molar-refractivity contribution in [2.75, 3.05) is 5.32 Å². The number of hydrogen-bond acceptors (Lipinski definition) is 3. The minimum Gasteiger partial charge on any atom is -0.505 e. The van der Waals surface area contributed by atoms with E-state index in [1.807, 2.05) is 36.4 Å². The van der Waals surface area contributed by atoms with Gasteiger partial charge in [-0.25, -0.2) is 0 Å². The maximum absolute atomic E-state index is 12.8. The van der Waals surface area contributed by atoms with Crippen molar-refractivity contribution < 1.29 is 15.0 Å². The van der Waals surface area contributed by atoms with Crippen molar-refractivity contribution >= 4 is 11.6 Å². The number of nitrogens with zero attached hydrogens (tertiary/aromatic N) is 1. The lowest BCUT2D eigenvalue weighted by Gasteiger charge is -2.22. The number of aromatic hydroxyl groups is 2. The van der Waals surface area contributed by atoms with Crippen molar-refractivity contribution in [1.82, 2.24) is 4.57 Å². The smallest absolute Gasteiger partial charge is 0.264 e. The van der Waals surface area contributed by atoms with Crippen LogP contribution in [0.2, 0.25) is 0 Å². The third-order valence-electron chi connectivity index (χ3n) is 6.25. The molecule has 5 heteroatoms. The summed E-state index contributed by atoms with van der Waals surface area (Å²) >= 11 is 0. The van der Waals surface area contributed by atoms with Crippen molar-refractivity contribution in [3.63, 3.8) is 0 Å². The van der Waals surface area contributed by atoms with E-state index in [4.69, 9.17) is 0 Å². The third-order valence-corrected chi connectivity index (χ3v) is 6.25. The number of anilines is 1. The van der Waals surface area contributed by atoms with Gasteiger partial charge < -0.3 is 15.5 Å². The van der Waals surface area contributed by atoms with Crippen LogP contribution in [0.5, 0.6) is 11.6 Å². The normalized spacial score (nSPS) is 14.7. The van der Waals surface area contributed by atoms with Gasteiger partial charge in [0.15, 0.2) is 0 Å². The van der Waals surface area contributed by atoms with Crippen molar-refractivity contribution in [2.45, 2.75) is 57.8 Å². The number of hydrogen-bond donors (Lipinski definition) is 3. The Kier molecular flexibility index (Phi) is 6.03. The fourth-order valence-electron chi connectivity index (χ4n) is 4.40. The van der Waals surface area contributed by atoms with Gasteiger partial charge in [0, 0.05) is 11.4 Å². The maximum atomic E-state index is 12.8. The summed E-state index contributed by atoms with van der Waals surface area (Å²) in [6, 6.07) is 15.6. The molecule has 1 aliphatic rings. The quantitative estimate of drug-likeness (QED) is 0.454. The molecule has 1 aliphatic carbocycles. The number of nitrogens with one attached hydrogen (secondary N) is 1. The van der Waals surface area contributed by atoms with E-state index in [0.717, 1.165) is 5.56 Å². The molecule has 4 rings (SSSR count). The first kappa shape index (κ1) is 21.0. The van der Waals surface area contributed by atoms with E-state index < -0.39 is 5.91 Å². The number of benzene rings is 2. The summed E-state index contributed by atoms with van der Waals surface area (Å²) < 4.78 is 1.43. The first-order valence-corrected chi connectivity index (χ1v) is 11.1. The van der Waals surface area contributed by atoms with Crippen LogP contribution >= 0.6 is 0 Å². The Balaban J connectivity index is 1.53. The molecule has 0 atom stereocenters. The van der Waals surface area contributed by atoms with Gasteiger partial charge in [-0.15, -0.1) is 0 Å². The molecule has 0 saturated heterocycles. The Hall–Kier alpha value is -3.21. The second-order valence-corrected chi connectivity index (χ2v) is 8.74. The number of aromatic nitrogens is 1. The predicted octanol–water partition coefficient (Wildman–Crippen LogP) is 6.31. The molecule has 162 valence electrons. The molecular formula is C26H30N2O3. The van der Waals surface area contributed by atoms with E-state index in [1.54, 1.807) is 0 Å². The Morgan fingerprint density at radius 1 is 1.03 bits per heavy atom. The topological polar surface area (TPSA) is 74.5 Å². The largest absolute Gasteiger partial charge is 0.505 e. The number of amides is 1. The SMILES string of the molecule is CC(C)c1cccc(-n2cc(O)c(C(=O)Nc3ccc(C4CCCCC4)cc3)c2O)c1. The lowest BCUT2D eigenvalue weighted by molar-refractivity contribution is 0.102. The second kappa shape index (κ2) is 8.88. The van der Waals surface area contributed by atoms with Crippen LogP contribution in [0.15, 0.2) is 54.7 Å². The molecule has 0 unspecified atom stereocenters. The van der Waals surface area contributed by atoms with Crippen molar-refractivity contribution in [3.05, 3.63) is 71.4 Å². The molecule has 2 aromatic carbocycles. The van der Waals surface area contributed by atoms with Crippen molar-refractivity contribution in [1.29, 1.82) is 0 Å². The van der Waals surface area contributed by atoms with E-state index >= 15 is 0 Å². The van der Waals surface area contributed by atoms with Gasteiger partial charge in [0.1, 0.15) is 11.3 Å². The highest BCUT2D eigenvalue weighted by Gasteiger charge is 2.23. The van der Waals surface area contributed by atoms with Gasteiger partial charge in [-0.3, -0.25) is 9.36 Å². The van der Waals surface area contributed by atoms with Crippen LogP contribution < -0.4 is 5.32 Å². The lowest BCUT2D eigenvalue weighted by atomic mass is 9.84. The summed E-state index contributed by atoms with van der Waals surface area (Å²) in [4.78, 5) is 12.8. The fourth-order valence-corrected chi connectivity index (χ4v) is 4.40. The predicted molar refractivity (Wildman–Crippen MR) is 123 cm³/mol. The Labute approximate surface area is 183 Å². The summed E-state index contributed by atoms with van der Waals surface area (Å²) in [6.07, 6.45) is 7.68. The zero-order valence-corrected chi connectivity index (χ0v) is 18.1. The molecule has 1 amide bonds. The minimum absolute atomic E-state index is 0.133. The number of carbonyl (C=O) groups excluding carboxylic acids is 1. The van der Waals surface area contributed by atoms with Gasteiger partial charge in [-0.2, -0.15) is 0 Å². The monoisotopic (exact) mass is 418 g/mol. The molecule has 0 aliphatic heterocycles. The van der Waals surface area contributed by atoms with E-state index in [9.17, 15) is 15.0 Å². The molecule has 3 aromatic rings. The third kappa shape index (κ3) is 4.46. The van der Waals surface area contributed by atoms with E-state index in [0.29, 0.717) is 23.2 Å². The summed E-state index contributed by atoms with van der Waals surface area (Å²) in [7, 11) is 0. The van der Waals surface area contributed by atoms with Crippen molar-refractivity contribution in [2.24, 2.45) is 0 Å². The van der Waals surface area contributed by atoms with Gasteiger partial charge >= 0.3 is 0 Å². The summed E-state index contributed by atoms with van der Waals surface area (Å²) in [5.41, 5.74) is 3.60. The molecule has 0 radical (unpaired) electrons. The molecule has 1 heterocycles. The summed E-state index contributed by atoms with van der Waals surface area (Å²) in [6.45, 7) is 4.18. The molecule has 5 nitrogen and oxygen atoms in total. The van der Waals surface area contributed by atoms with Crippen LogP contribution in [0.3, 0.4) is 0 Å². The lowest BCUT2D eigenvalue weighted by Crippen LogP contribution is -2.12. The first-order valence-electron chi connectivity index (χ1n) is 11.1. The highest BCUT2D eigenvalue weighted by atomic mass is 16.3. The van der Waals surface area contributed by atoms with Crippen LogP contribution in [0.4, 0.5) is 5.69 Å². The average molecular weight is 419 g/mol. The van der Waals surface area contributed by atoms with Gasteiger partial charge in [-0.1, -0.05) is 57.4 Å². The molecule has 0 bridgehead atoms. The van der Waals surface area contributed by atoms with Crippen LogP contribution in [0, 0.1) is 0 Å². The second-order valence-electron chi connectivity index (χ2n) is 8.74. The molecule has 3 N–H and O–H groups in total. The Bertz CT molecular complexity index is 1060. The Morgan fingerprint density at radius 2 is 1.74 bits per heavy atom. The zero-order chi connectivity index (χ0) is 22.0. The average Bonchev–Trinajstić information content (AvgIpc) is 3.09. The standard InChI is InChI=1S/C26H30N2O3/c1-17(2)20-9-6-10-22(15-20)28-16-23(29)24(26(28)31)25(30)27-21-13-11-19(12-14-21)18-7-4-3-5-8-18/h6,9-18,29,31H,3-5,7-8H2,1-2H3,(H,27,30). The maximum Gasteiger partial charge on any atom is 0.264 e. The van der Waals surface area contributed by atoms with Crippen LogP contribution in [0.25, 0.3) is 5.69 Å².